The van der Waals surface area contributed by atoms with E-state index in [1.807, 2.05) is 109 Å². The van der Waals surface area contributed by atoms with Crippen LogP contribution < -0.4 is 24.7 Å². The number of nitrogens with zero attached hydrogens (tertiary/aromatic N) is 3. The van der Waals surface area contributed by atoms with Crippen molar-refractivity contribution >= 4 is 23.2 Å². The van der Waals surface area contributed by atoms with Crippen molar-refractivity contribution < 1.29 is 43.7 Å². The molecule has 4 N–H and O–H groups in total. The number of hydrogen-bond acceptors (Lipinski definition) is 11. The summed E-state index contributed by atoms with van der Waals surface area (Å²) in [5, 5.41) is 31.7. The molecule has 330 valence electrons. The fourth-order valence-electron chi connectivity index (χ4n) is 7.93. The topological polar surface area (TPSA) is 187 Å². The molecule has 2 amide bonds. The van der Waals surface area contributed by atoms with E-state index in [9.17, 15) is 29.9 Å². The van der Waals surface area contributed by atoms with Crippen molar-refractivity contribution in [1.29, 1.82) is 0 Å². The Morgan fingerprint density at radius 3 is 1.45 bits per heavy atom. The van der Waals surface area contributed by atoms with Gasteiger partial charge in [0.15, 0.2) is 23.0 Å². The van der Waals surface area contributed by atoms with E-state index in [1.165, 1.54) is 31.3 Å². The molecule has 2 heterocycles. The molecule has 8 rings (SSSR count). The second-order valence-corrected chi connectivity index (χ2v) is 15.4. The van der Waals surface area contributed by atoms with Crippen molar-refractivity contribution in [3.8, 4) is 23.0 Å². The minimum absolute atomic E-state index is 0.109. The van der Waals surface area contributed by atoms with Gasteiger partial charge in [0.2, 0.25) is 0 Å². The summed E-state index contributed by atoms with van der Waals surface area (Å²) in [5.74, 6) is 0.529. The molecule has 2 aliphatic heterocycles. The Hall–Kier alpha value is -7.42. The number of anilines is 1. The SMILES string of the molecule is COc1cc(C(=O)N2Cc3ccccc3C[C@H]2CO)c(N)cc1OCc1ccccc1.COc1cc(C(=O)N2Cc3ccccc3C[C@H]2CO)c([N+](=O)[O-])cc1OCc1ccccc1. The van der Waals surface area contributed by atoms with Crippen molar-refractivity contribution in [3.63, 3.8) is 0 Å². The Morgan fingerprint density at radius 1 is 0.609 bits per heavy atom. The van der Waals surface area contributed by atoms with Crippen LogP contribution in [0.3, 0.4) is 0 Å². The molecule has 0 fully saturated rings. The second-order valence-electron chi connectivity index (χ2n) is 15.4. The maximum absolute atomic E-state index is 13.5. The normalized spacial score (nSPS) is 15.1. The third-order valence-corrected chi connectivity index (χ3v) is 11.4. The third-order valence-electron chi connectivity index (χ3n) is 11.4. The van der Waals surface area contributed by atoms with Gasteiger partial charge >= 0.3 is 0 Å². The van der Waals surface area contributed by atoms with E-state index < -0.39 is 16.9 Å². The summed E-state index contributed by atoms with van der Waals surface area (Å²) < 4.78 is 22.5. The number of carbonyl (C=O) groups excluding carboxylic acids is 2. The number of nitrogens with two attached hydrogens (primary N) is 1. The summed E-state index contributed by atoms with van der Waals surface area (Å²) in [4.78, 5) is 41.3. The number of aliphatic hydroxyl groups is 2. The lowest BCUT2D eigenvalue weighted by molar-refractivity contribution is -0.385. The Kier molecular flexibility index (Phi) is 14.4. The minimum atomic E-state index is -0.603. The number of carbonyl (C=O) groups is 2. The molecule has 64 heavy (non-hydrogen) atoms. The standard InChI is InChI=1S/C25H24N2O6.C25H26N2O4/c1-32-23-12-21(22(27(30)31)13-24(23)33-16-17-7-3-2-4-8-17)25(29)26-14-19-10-6-5-9-18(19)11-20(26)15-28;1-30-23-12-21(22(26)13-24(23)31-16-17-7-3-2-4-8-17)25(29)27-14-19-10-6-5-9-18(19)11-20(27)15-28/h2-10,12-13,20,28H,11,14-16H2,1H3;2-10,12-13,20,28H,11,14-16,26H2,1H3/t2*20-/m00/s1. The third kappa shape index (κ3) is 10.1. The van der Waals surface area contributed by atoms with Crippen LogP contribution in [0.1, 0.15) is 54.1 Å². The molecule has 0 radical (unpaired) electrons. The minimum Gasteiger partial charge on any atom is -0.493 e. The number of hydrogen-bond donors (Lipinski definition) is 3. The lowest BCUT2D eigenvalue weighted by Gasteiger charge is -2.36. The Morgan fingerprint density at radius 2 is 1.02 bits per heavy atom. The number of aliphatic hydroxyl groups excluding tert-OH is 2. The van der Waals surface area contributed by atoms with Gasteiger partial charge in [-0.1, -0.05) is 109 Å². The van der Waals surface area contributed by atoms with Gasteiger partial charge in [-0.05, 0) is 52.3 Å². The van der Waals surface area contributed by atoms with Crippen LogP contribution in [0.25, 0.3) is 0 Å². The highest BCUT2D eigenvalue weighted by Gasteiger charge is 2.35. The molecule has 2 aliphatic rings. The predicted octanol–water partition coefficient (Wildman–Crippen LogP) is 7.16. The van der Waals surface area contributed by atoms with Crippen molar-refractivity contribution in [3.05, 3.63) is 188 Å². The van der Waals surface area contributed by atoms with E-state index in [0.717, 1.165) is 33.4 Å². The van der Waals surface area contributed by atoms with Gasteiger partial charge in [-0.3, -0.25) is 19.7 Å². The molecule has 14 heteroatoms. The fourth-order valence-corrected chi connectivity index (χ4v) is 7.93. The molecule has 0 unspecified atom stereocenters. The van der Waals surface area contributed by atoms with Crippen LogP contribution in [-0.2, 0) is 39.1 Å². The monoisotopic (exact) mass is 866 g/mol. The molecule has 0 saturated carbocycles. The molecule has 6 aromatic carbocycles. The molecular formula is C50H50N4O10. The quantitative estimate of drug-likeness (QED) is 0.0608. The first-order valence-electron chi connectivity index (χ1n) is 20.8. The van der Waals surface area contributed by atoms with Crippen LogP contribution in [0.15, 0.2) is 133 Å². The van der Waals surface area contributed by atoms with Crippen molar-refractivity contribution in [2.45, 2.75) is 51.2 Å². The average Bonchev–Trinajstić information content (AvgIpc) is 3.34. The molecule has 0 aliphatic carbocycles. The lowest BCUT2D eigenvalue weighted by atomic mass is 9.93. The predicted molar refractivity (Wildman–Crippen MR) is 240 cm³/mol. The van der Waals surface area contributed by atoms with Crippen LogP contribution in [0.2, 0.25) is 0 Å². The zero-order valence-corrected chi connectivity index (χ0v) is 35.6. The van der Waals surface area contributed by atoms with Crippen molar-refractivity contribution in [2.75, 3.05) is 33.2 Å². The number of fused-ring (bicyclic) bond motifs is 2. The molecule has 2 atom stereocenters. The highest BCUT2D eigenvalue weighted by molar-refractivity contribution is 6.01. The Balaban J connectivity index is 0.000000192. The first-order valence-corrected chi connectivity index (χ1v) is 20.8. The summed E-state index contributed by atoms with van der Waals surface area (Å²) in [6, 6.07) is 39.8. The van der Waals surface area contributed by atoms with Crippen molar-refractivity contribution in [1.82, 2.24) is 9.80 Å². The first kappa shape index (κ1) is 44.6. The molecule has 6 aromatic rings. The Bertz CT molecular complexity index is 2590. The second kappa shape index (κ2) is 20.6. The van der Waals surface area contributed by atoms with E-state index in [1.54, 1.807) is 17.0 Å². The number of amides is 2. The van der Waals surface area contributed by atoms with Gasteiger partial charge in [0.25, 0.3) is 17.5 Å². The van der Waals surface area contributed by atoms with Crippen LogP contribution >= 0.6 is 0 Å². The van der Waals surface area contributed by atoms with Gasteiger partial charge in [-0.2, -0.15) is 0 Å². The average molecular weight is 867 g/mol. The number of nitro groups is 1. The largest absolute Gasteiger partial charge is 0.493 e. The number of methoxy groups -OCH3 is 2. The van der Waals surface area contributed by atoms with Crippen LogP contribution in [0.5, 0.6) is 23.0 Å². The van der Waals surface area contributed by atoms with Gasteiger partial charge < -0.3 is 44.7 Å². The van der Waals surface area contributed by atoms with E-state index in [0.29, 0.717) is 48.7 Å². The molecular weight excluding hydrogens is 817 g/mol. The summed E-state index contributed by atoms with van der Waals surface area (Å²) in [6.07, 6.45) is 1.08. The molecule has 0 saturated heterocycles. The maximum Gasteiger partial charge on any atom is 0.286 e. The molecule has 0 bridgehead atoms. The highest BCUT2D eigenvalue weighted by Crippen LogP contribution is 2.38. The van der Waals surface area contributed by atoms with Gasteiger partial charge in [-0.25, -0.2) is 0 Å². The van der Waals surface area contributed by atoms with Gasteiger partial charge in [0.1, 0.15) is 18.8 Å². The number of benzene rings is 6. The van der Waals surface area contributed by atoms with E-state index in [2.05, 4.69) is 0 Å². The number of rotatable bonds is 13. The lowest BCUT2D eigenvalue weighted by Crippen LogP contribution is -2.46. The fraction of sp³-hybridized carbons (Fsp3) is 0.240. The number of ether oxygens (including phenoxy) is 4. The smallest absolute Gasteiger partial charge is 0.286 e. The van der Waals surface area contributed by atoms with Crippen molar-refractivity contribution in [2.24, 2.45) is 0 Å². The summed E-state index contributed by atoms with van der Waals surface area (Å²) >= 11 is 0. The number of nitro benzene ring substituents is 1. The summed E-state index contributed by atoms with van der Waals surface area (Å²) in [6.45, 7) is 0.870. The van der Waals surface area contributed by atoms with E-state index >= 15 is 0 Å². The van der Waals surface area contributed by atoms with Crippen LogP contribution in [0, 0.1) is 10.1 Å². The van der Waals surface area contributed by atoms with E-state index in [4.69, 9.17) is 24.7 Å². The van der Waals surface area contributed by atoms with Gasteiger partial charge in [-0.15, -0.1) is 0 Å². The molecule has 0 aromatic heterocycles. The number of nitrogen functional groups attached to an aromatic ring is 1. The summed E-state index contributed by atoms with van der Waals surface area (Å²) in [5.41, 5.74) is 12.6. The van der Waals surface area contributed by atoms with Gasteiger partial charge in [0.05, 0.1) is 56.1 Å². The van der Waals surface area contributed by atoms with E-state index in [-0.39, 0.29) is 61.1 Å². The van der Waals surface area contributed by atoms with Gasteiger partial charge in [0, 0.05) is 30.9 Å². The zero-order chi connectivity index (χ0) is 45.2. The summed E-state index contributed by atoms with van der Waals surface area (Å²) in [7, 11) is 2.95. The molecule has 0 spiro atoms. The zero-order valence-electron chi connectivity index (χ0n) is 35.6. The molecule has 14 nitrogen and oxygen atoms in total. The maximum atomic E-state index is 13.5. The highest BCUT2D eigenvalue weighted by atomic mass is 16.6. The van der Waals surface area contributed by atoms with Crippen LogP contribution in [-0.4, -0.2) is 76.3 Å². The first-order chi connectivity index (χ1) is 31.1. The Labute approximate surface area is 371 Å². The van der Waals surface area contributed by atoms with Crippen LogP contribution in [0.4, 0.5) is 11.4 Å².